The number of rotatable bonds is 0. The zero-order valence-corrected chi connectivity index (χ0v) is 6.37. The maximum Gasteiger partial charge on any atom is 2.00 e. The fraction of sp³-hybridized carbons (Fsp3) is 1.00. The van der Waals surface area contributed by atoms with Crippen LogP contribution in [0.1, 0.15) is 16.7 Å². The van der Waals surface area contributed by atoms with Crippen LogP contribution in [0.2, 0.25) is 0 Å². The van der Waals surface area contributed by atoms with Crippen LogP contribution in [0.3, 0.4) is 0 Å². The molecule has 0 spiro atoms. The van der Waals surface area contributed by atoms with E-state index in [0.717, 1.165) is 0 Å². The van der Waals surface area contributed by atoms with Crippen LogP contribution in [0.5, 0.6) is 0 Å². The van der Waals surface area contributed by atoms with Crippen LogP contribution in [0.4, 0.5) is 0 Å². The summed E-state index contributed by atoms with van der Waals surface area (Å²) in [6.07, 6.45) is -0.167. The summed E-state index contributed by atoms with van der Waals surface area (Å²) in [5.41, 5.74) is 0. The summed E-state index contributed by atoms with van der Waals surface area (Å²) in [6.45, 7) is 3.44. The van der Waals surface area contributed by atoms with Crippen molar-refractivity contribution in [1.82, 2.24) is 0 Å². The van der Waals surface area contributed by atoms with Crippen molar-refractivity contribution in [2.24, 2.45) is 0 Å². The largest absolute Gasteiger partial charge is 2.00 e. The van der Waals surface area contributed by atoms with Crippen molar-refractivity contribution in [3.63, 3.8) is 0 Å². The van der Waals surface area contributed by atoms with Gasteiger partial charge in [-0.1, -0.05) is 0 Å². The van der Waals surface area contributed by atoms with Crippen molar-refractivity contribution in [2.45, 2.75) is 20.0 Å². The van der Waals surface area contributed by atoms with Crippen molar-refractivity contribution >= 4 is 35.5 Å². The minimum Gasteiger partial charge on any atom is -1.00 e. The Balaban J connectivity index is -0.00000000750. The van der Waals surface area contributed by atoms with E-state index < -0.39 is 0 Å². The van der Waals surface area contributed by atoms with E-state index in [9.17, 15) is 0 Å². The van der Waals surface area contributed by atoms with Gasteiger partial charge >= 0.3 is 23.1 Å². The molecule has 0 aliphatic rings. The summed E-state index contributed by atoms with van der Waals surface area (Å²) in [6, 6.07) is 0. The molecule has 6 heavy (non-hydrogen) atoms. The number of halogens is 1. The zero-order valence-electron chi connectivity index (χ0n) is 6.14. The summed E-state index contributed by atoms with van der Waals surface area (Å²) in [5, 5.41) is 8.06. The van der Waals surface area contributed by atoms with Gasteiger partial charge in [0.05, 0.1) is 0 Å². The van der Waals surface area contributed by atoms with E-state index in [0.29, 0.717) is 0 Å². The van der Waals surface area contributed by atoms with Gasteiger partial charge in [0.2, 0.25) is 0 Å². The minimum absolute atomic E-state index is 0. The molecule has 0 heterocycles. The van der Waals surface area contributed by atoms with Crippen LogP contribution in [0.25, 0.3) is 0 Å². The van der Waals surface area contributed by atoms with E-state index in [1.54, 1.807) is 13.8 Å². The molecular weight excluding hydrogens is 112 g/mol. The van der Waals surface area contributed by atoms with Gasteiger partial charge in [-0.25, -0.2) is 0 Å². The van der Waals surface area contributed by atoms with E-state index in [1.165, 1.54) is 0 Å². The molecule has 0 radical (unpaired) electrons. The van der Waals surface area contributed by atoms with Gasteiger partial charge < -0.3 is 7.96 Å². The van der Waals surface area contributed by atoms with Crippen LogP contribution in [-0.2, 0) is 0 Å². The van der Waals surface area contributed by atoms with Gasteiger partial charge in [0.25, 0.3) is 0 Å². The predicted molar refractivity (Wildman–Crippen MR) is 32.6 cm³/mol. The molecule has 3 heteroatoms. The average Bonchev–Trinajstić information content (AvgIpc) is 0.811. The van der Waals surface area contributed by atoms with Crippen LogP contribution >= 0.6 is 12.4 Å². The molecule has 1 N–H and O–H groups in total. The molecule has 0 aromatic heterocycles. The Morgan fingerprint density at radius 2 is 1.50 bits per heavy atom. The van der Waals surface area contributed by atoms with Gasteiger partial charge in [-0.2, -0.15) is 0 Å². The number of hydrogen-bond donors (Lipinski definition) is 1. The van der Waals surface area contributed by atoms with Gasteiger partial charge in [0.1, 0.15) is 0 Å². The molecule has 0 amide bonds. The third-order valence-corrected chi connectivity index (χ3v) is 0. The number of aliphatic hydroxyl groups is 1. The van der Waals surface area contributed by atoms with E-state index in [4.69, 9.17) is 5.11 Å². The molecule has 0 fully saturated rings. The third-order valence-electron chi connectivity index (χ3n) is 0. The Morgan fingerprint density at radius 1 is 1.50 bits per heavy atom. The molecule has 1 nitrogen and oxygen atoms in total. The first-order valence-corrected chi connectivity index (χ1v) is 1.41. The maximum atomic E-state index is 8.06. The standard InChI is InChI=1S/C3H8O.ClH.Mg.2H/c1-3(2)4;;;;/h3-4H,1-2H3;1H;;;/q;;+2;2*-1. The Bertz CT molecular complexity index is 22.0. The molecule has 0 aliphatic heterocycles. The molecule has 0 atom stereocenters. The Kier molecular flexibility index (Phi) is 24.6. The van der Waals surface area contributed by atoms with Gasteiger partial charge in [0.15, 0.2) is 0 Å². The first-order chi connectivity index (χ1) is 1.73. The monoisotopic (exact) mass is 122 g/mol. The smallest absolute Gasteiger partial charge is 1.00 e. The van der Waals surface area contributed by atoms with Crippen molar-refractivity contribution in [2.75, 3.05) is 0 Å². The normalized spacial score (nSPS) is 6.00. The third kappa shape index (κ3) is 78.3. The Morgan fingerprint density at radius 3 is 1.50 bits per heavy atom. The minimum atomic E-state index is -0.167. The van der Waals surface area contributed by atoms with Gasteiger partial charge in [-0.15, -0.1) is 12.4 Å². The van der Waals surface area contributed by atoms with E-state index in [1.807, 2.05) is 0 Å². The number of aliphatic hydroxyl groups excluding tert-OH is 1. The van der Waals surface area contributed by atoms with E-state index in [2.05, 4.69) is 0 Å². The quantitative estimate of drug-likeness (QED) is 0.469. The van der Waals surface area contributed by atoms with E-state index in [-0.39, 0.29) is 44.4 Å². The molecule has 0 unspecified atom stereocenters. The second-order valence-corrected chi connectivity index (χ2v) is 1.09. The number of hydrogen-bond acceptors (Lipinski definition) is 1. The molecule has 0 rings (SSSR count). The van der Waals surface area contributed by atoms with Crippen molar-refractivity contribution in [3.8, 4) is 0 Å². The van der Waals surface area contributed by atoms with Crippen LogP contribution in [0.15, 0.2) is 0 Å². The van der Waals surface area contributed by atoms with Gasteiger partial charge in [-0.05, 0) is 13.8 Å². The second kappa shape index (κ2) is 9.39. The van der Waals surface area contributed by atoms with Crippen molar-refractivity contribution in [1.29, 1.82) is 0 Å². The molecule has 0 aromatic rings. The summed E-state index contributed by atoms with van der Waals surface area (Å²) in [7, 11) is 0. The first kappa shape index (κ1) is 15.7. The summed E-state index contributed by atoms with van der Waals surface area (Å²) in [5.74, 6) is 0. The molecule has 0 aromatic carbocycles. The molecule has 0 saturated heterocycles. The summed E-state index contributed by atoms with van der Waals surface area (Å²) >= 11 is 0. The first-order valence-electron chi connectivity index (χ1n) is 1.41. The Hall–Kier alpha value is 1.02. The molecular formula is C3H11ClMgO. The second-order valence-electron chi connectivity index (χ2n) is 1.09. The van der Waals surface area contributed by atoms with E-state index >= 15 is 0 Å². The predicted octanol–water partition coefficient (Wildman–Crippen LogP) is 0.653. The van der Waals surface area contributed by atoms with Gasteiger partial charge in [-0.3, -0.25) is 0 Å². The van der Waals surface area contributed by atoms with Crippen molar-refractivity contribution < 1.29 is 7.96 Å². The fourth-order valence-electron chi connectivity index (χ4n) is 0. The Labute approximate surface area is 63.7 Å². The fourth-order valence-corrected chi connectivity index (χ4v) is 0. The molecule has 38 valence electrons. The average molecular weight is 123 g/mol. The molecule has 0 bridgehead atoms. The zero-order chi connectivity index (χ0) is 3.58. The molecule has 0 saturated carbocycles. The topological polar surface area (TPSA) is 20.2 Å². The summed E-state index contributed by atoms with van der Waals surface area (Å²) in [4.78, 5) is 0. The summed E-state index contributed by atoms with van der Waals surface area (Å²) < 4.78 is 0. The molecule has 0 aliphatic carbocycles. The van der Waals surface area contributed by atoms with Gasteiger partial charge in [0, 0.05) is 6.10 Å². The SMILES string of the molecule is CC(C)O.Cl.[H-].[H-].[Mg+2]. The van der Waals surface area contributed by atoms with Crippen LogP contribution in [-0.4, -0.2) is 34.3 Å². The van der Waals surface area contributed by atoms with Crippen molar-refractivity contribution in [3.05, 3.63) is 0 Å². The van der Waals surface area contributed by atoms with Crippen LogP contribution < -0.4 is 0 Å². The maximum absolute atomic E-state index is 8.06. The van der Waals surface area contributed by atoms with Crippen LogP contribution in [0, 0.1) is 0 Å².